The molecule has 0 aromatic carbocycles. The topological polar surface area (TPSA) is 107 Å². The highest BCUT2D eigenvalue weighted by Gasteiger charge is 2.50. The lowest BCUT2D eigenvalue weighted by atomic mass is 10.0. The van der Waals surface area contributed by atoms with Crippen LogP contribution in [0.1, 0.15) is 27.2 Å². The molecule has 1 fully saturated rings. The molecule has 0 unspecified atom stereocenters. The molecule has 122 valence electrons. The molecule has 3 N–H and O–H groups in total. The zero-order chi connectivity index (χ0) is 16.6. The average molecular weight is 319 g/mol. The molecule has 1 amide bonds. The molecule has 8 heteroatoms. The molecule has 1 heterocycles. The summed E-state index contributed by atoms with van der Waals surface area (Å²) in [6.45, 7) is 9.93. The summed E-state index contributed by atoms with van der Waals surface area (Å²) in [6, 6.07) is -1.23. The van der Waals surface area contributed by atoms with Gasteiger partial charge >= 0.3 is 12.1 Å². The van der Waals surface area contributed by atoms with Gasteiger partial charge in [-0.25, -0.2) is 9.59 Å². The quantitative estimate of drug-likeness (QED) is 0.679. The Labute approximate surface area is 125 Å². The minimum absolute atomic E-state index is 0.0410. The zero-order valence-electron chi connectivity index (χ0n) is 13.2. The first-order valence-electron chi connectivity index (χ1n) is 6.88. The fourth-order valence-corrected chi connectivity index (χ4v) is 3.08. The third-order valence-corrected chi connectivity index (χ3v) is 8.93. The van der Waals surface area contributed by atoms with Crippen molar-refractivity contribution < 1.29 is 29.3 Å². The third kappa shape index (κ3) is 3.95. The molecule has 0 bridgehead atoms. The second-order valence-electron chi connectivity index (χ2n) is 7.24. The molecule has 2 atom stereocenters. The van der Waals surface area contributed by atoms with Crippen LogP contribution in [0.15, 0.2) is 0 Å². The summed E-state index contributed by atoms with van der Waals surface area (Å²) in [5.74, 6) is -1.25. The molecule has 0 aromatic heterocycles. The second kappa shape index (κ2) is 5.58. The summed E-state index contributed by atoms with van der Waals surface area (Å²) in [7, 11) is -2.09. The number of amides is 1. The van der Waals surface area contributed by atoms with Crippen molar-refractivity contribution in [3.63, 3.8) is 0 Å². The number of aliphatic carboxylic acids is 1. The van der Waals surface area contributed by atoms with Crippen LogP contribution in [-0.2, 0) is 9.22 Å². The summed E-state index contributed by atoms with van der Waals surface area (Å²) >= 11 is 0. The van der Waals surface area contributed by atoms with E-state index in [1.165, 1.54) is 0 Å². The molecule has 0 aromatic rings. The maximum atomic E-state index is 11.1. The van der Waals surface area contributed by atoms with Crippen molar-refractivity contribution in [3.05, 3.63) is 0 Å². The Balaban J connectivity index is 2.80. The van der Waals surface area contributed by atoms with E-state index in [0.29, 0.717) is 0 Å². The lowest BCUT2D eigenvalue weighted by Gasteiger charge is -2.38. The maximum absolute atomic E-state index is 11.1. The van der Waals surface area contributed by atoms with Gasteiger partial charge in [0.15, 0.2) is 8.32 Å². The smallest absolute Gasteiger partial charge is 0.408 e. The number of β-amino-alcohol motifs (C(OH)–C–C–N with tert-alkyl or cyclic N) is 1. The first-order chi connectivity index (χ1) is 9.29. The fraction of sp³-hybridized carbons (Fsp3) is 0.846. The van der Waals surface area contributed by atoms with Crippen molar-refractivity contribution in [2.45, 2.75) is 57.0 Å². The summed E-state index contributed by atoms with van der Waals surface area (Å²) in [6.07, 6.45) is -1.49. The highest BCUT2D eigenvalue weighted by Crippen LogP contribution is 2.38. The van der Waals surface area contributed by atoms with Crippen molar-refractivity contribution in [3.8, 4) is 0 Å². The van der Waals surface area contributed by atoms with E-state index in [1.54, 1.807) is 0 Å². The molecular weight excluding hydrogens is 294 g/mol. The van der Waals surface area contributed by atoms with Crippen molar-refractivity contribution in [1.82, 2.24) is 4.90 Å². The van der Waals surface area contributed by atoms with E-state index in [0.717, 1.165) is 4.90 Å². The van der Waals surface area contributed by atoms with Gasteiger partial charge in [-0.3, -0.25) is 4.90 Å². The molecule has 0 aliphatic carbocycles. The summed E-state index contributed by atoms with van der Waals surface area (Å²) < 4.78 is 5.91. The molecule has 0 spiro atoms. The summed E-state index contributed by atoms with van der Waals surface area (Å²) in [5.41, 5.74) is -1.45. The lowest BCUT2D eigenvalue weighted by Crippen LogP contribution is -2.47. The zero-order valence-corrected chi connectivity index (χ0v) is 14.2. The van der Waals surface area contributed by atoms with Gasteiger partial charge in [0, 0.05) is 6.42 Å². The van der Waals surface area contributed by atoms with Crippen LogP contribution >= 0.6 is 0 Å². The van der Waals surface area contributed by atoms with Gasteiger partial charge in [-0.2, -0.15) is 0 Å². The lowest BCUT2D eigenvalue weighted by molar-refractivity contribution is -0.141. The van der Waals surface area contributed by atoms with E-state index in [9.17, 15) is 14.7 Å². The first kappa shape index (κ1) is 17.9. The molecule has 1 aliphatic heterocycles. The molecule has 1 rings (SSSR count). The highest BCUT2D eigenvalue weighted by molar-refractivity contribution is 6.74. The Morgan fingerprint density at radius 1 is 1.33 bits per heavy atom. The minimum atomic E-state index is -2.09. The Morgan fingerprint density at radius 3 is 2.19 bits per heavy atom. The molecule has 0 radical (unpaired) electrons. The van der Waals surface area contributed by atoms with E-state index >= 15 is 0 Å². The van der Waals surface area contributed by atoms with Crippen LogP contribution in [0.3, 0.4) is 0 Å². The van der Waals surface area contributed by atoms with Crippen molar-refractivity contribution >= 4 is 20.4 Å². The molecule has 21 heavy (non-hydrogen) atoms. The van der Waals surface area contributed by atoms with Crippen molar-refractivity contribution in [1.29, 1.82) is 0 Å². The van der Waals surface area contributed by atoms with Crippen LogP contribution in [0.25, 0.3) is 0 Å². The molecule has 1 aliphatic rings. The molecule has 1 saturated heterocycles. The molecule has 0 saturated carbocycles. The average Bonchev–Trinajstić information content (AvgIpc) is 2.65. The van der Waals surface area contributed by atoms with Gasteiger partial charge in [-0.1, -0.05) is 20.8 Å². The third-order valence-electron chi connectivity index (χ3n) is 4.45. The van der Waals surface area contributed by atoms with Crippen LogP contribution in [0.5, 0.6) is 0 Å². The van der Waals surface area contributed by atoms with E-state index in [4.69, 9.17) is 14.6 Å². The van der Waals surface area contributed by atoms with Gasteiger partial charge in [0.25, 0.3) is 0 Å². The summed E-state index contributed by atoms with van der Waals surface area (Å²) in [5, 5.41) is 28.6. The van der Waals surface area contributed by atoms with Crippen LogP contribution in [0.4, 0.5) is 4.79 Å². The largest absolute Gasteiger partial charge is 0.480 e. The van der Waals surface area contributed by atoms with E-state index in [-0.39, 0.29) is 24.6 Å². The number of rotatable bonds is 4. The Bertz CT molecular complexity index is 409. The first-order valence-corrected chi connectivity index (χ1v) is 9.79. The standard InChI is InChI=1S/C13H25NO6Si/c1-12(2,3)21(4,5)20-8-13(19)6-9(10(15)16)14(7-13)11(17)18/h9,19H,6-8H2,1-5H3,(H,15,16)(H,17,18)/t9-,13+/m0/s1. The summed E-state index contributed by atoms with van der Waals surface area (Å²) in [4.78, 5) is 23.0. The van der Waals surface area contributed by atoms with Gasteiger partial charge in [0.05, 0.1) is 13.2 Å². The highest BCUT2D eigenvalue weighted by atomic mass is 28.4. The van der Waals surface area contributed by atoms with Crippen LogP contribution < -0.4 is 0 Å². The maximum Gasteiger partial charge on any atom is 0.408 e. The molecule has 7 nitrogen and oxygen atoms in total. The van der Waals surface area contributed by atoms with Gasteiger partial charge < -0.3 is 19.7 Å². The van der Waals surface area contributed by atoms with Gasteiger partial charge in [0.2, 0.25) is 0 Å². The van der Waals surface area contributed by atoms with Crippen molar-refractivity contribution in [2.75, 3.05) is 13.2 Å². The van der Waals surface area contributed by atoms with Crippen LogP contribution in [0.2, 0.25) is 18.1 Å². The van der Waals surface area contributed by atoms with Gasteiger partial charge in [-0.05, 0) is 18.1 Å². The predicted molar refractivity (Wildman–Crippen MR) is 78.9 cm³/mol. The number of aliphatic hydroxyl groups is 1. The Kier molecular flexibility index (Phi) is 4.76. The van der Waals surface area contributed by atoms with E-state index in [2.05, 4.69) is 20.8 Å². The Morgan fingerprint density at radius 2 is 1.86 bits per heavy atom. The number of likely N-dealkylation sites (tertiary alicyclic amines) is 1. The van der Waals surface area contributed by atoms with Crippen LogP contribution in [-0.4, -0.2) is 65.4 Å². The number of carbonyl (C=O) groups is 2. The number of hydrogen-bond acceptors (Lipinski definition) is 4. The normalized spacial score (nSPS) is 27.0. The van der Waals surface area contributed by atoms with Gasteiger partial charge in [-0.15, -0.1) is 0 Å². The second-order valence-corrected chi connectivity index (χ2v) is 12.1. The van der Waals surface area contributed by atoms with Crippen LogP contribution in [0, 0.1) is 0 Å². The minimum Gasteiger partial charge on any atom is -0.480 e. The SMILES string of the molecule is CC(C)(C)[Si](C)(C)OC[C@@]1(O)C[C@@H](C(=O)O)N(C(=O)O)C1. The predicted octanol–water partition coefficient (Wildman–Crippen LogP) is 1.58. The molecular formula is C13H25NO6Si. The fourth-order valence-electron chi connectivity index (χ4n) is 2.02. The number of hydrogen-bond donors (Lipinski definition) is 3. The van der Waals surface area contributed by atoms with Gasteiger partial charge in [0.1, 0.15) is 11.6 Å². The van der Waals surface area contributed by atoms with E-state index < -0.39 is 32.0 Å². The van der Waals surface area contributed by atoms with Crippen molar-refractivity contribution in [2.24, 2.45) is 0 Å². The van der Waals surface area contributed by atoms with E-state index in [1.807, 2.05) is 13.1 Å². The number of carboxylic acids is 1. The number of nitrogens with zero attached hydrogens (tertiary/aromatic N) is 1. The number of carboxylic acid groups (broad SMARTS) is 2. The monoisotopic (exact) mass is 319 g/mol. The Hall–Kier alpha value is -1.12.